The first kappa shape index (κ1) is 26.6. The standard InChI is InChI=1S/C19H20Cl4N2O6S2/c1-11-10-24(32(26,27)14-6-4-12(20)16(22)18(14)30-2)8-9-25(11)33(28,29)15-7-5-13(21)17(23)19(15)31-3/h4-7,11H,8-10H2,1-3H3. The zero-order chi connectivity index (χ0) is 24.7. The van der Waals surface area contributed by atoms with Crippen LogP contribution in [-0.2, 0) is 20.0 Å². The Labute approximate surface area is 213 Å². The summed E-state index contributed by atoms with van der Waals surface area (Å²) in [5.41, 5.74) is 0. The number of sulfonamides is 2. The highest BCUT2D eigenvalue weighted by atomic mass is 35.5. The van der Waals surface area contributed by atoms with E-state index in [9.17, 15) is 16.8 Å². The minimum absolute atomic E-state index is 0.0267. The number of halogens is 4. The van der Waals surface area contributed by atoms with E-state index in [1.54, 1.807) is 6.92 Å². The smallest absolute Gasteiger partial charge is 0.247 e. The quantitative estimate of drug-likeness (QED) is 0.505. The van der Waals surface area contributed by atoms with Crippen LogP contribution >= 0.6 is 46.4 Å². The van der Waals surface area contributed by atoms with Crippen LogP contribution in [0.25, 0.3) is 0 Å². The Bertz CT molecular complexity index is 1290. The number of benzene rings is 2. The number of nitrogens with zero attached hydrogens (tertiary/aromatic N) is 2. The average Bonchev–Trinajstić information content (AvgIpc) is 2.76. The lowest BCUT2D eigenvalue weighted by Crippen LogP contribution is -2.55. The predicted molar refractivity (Wildman–Crippen MR) is 128 cm³/mol. The Morgan fingerprint density at radius 2 is 1.24 bits per heavy atom. The summed E-state index contributed by atoms with van der Waals surface area (Å²) in [5, 5.41) is 0.237. The van der Waals surface area contributed by atoms with Crippen molar-refractivity contribution in [2.45, 2.75) is 22.8 Å². The fourth-order valence-corrected chi connectivity index (χ4v) is 7.90. The molecule has 0 aromatic heterocycles. The second kappa shape index (κ2) is 9.94. The van der Waals surface area contributed by atoms with Crippen molar-refractivity contribution in [2.24, 2.45) is 0 Å². The van der Waals surface area contributed by atoms with Crippen molar-refractivity contribution in [2.75, 3.05) is 33.9 Å². The molecule has 3 rings (SSSR count). The van der Waals surface area contributed by atoms with Gasteiger partial charge in [-0.15, -0.1) is 0 Å². The fourth-order valence-electron chi connectivity index (χ4n) is 3.56. The van der Waals surface area contributed by atoms with Crippen LogP contribution in [0.15, 0.2) is 34.1 Å². The van der Waals surface area contributed by atoms with Crippen LogP contribution in [0.5, 0.6) is 11.5 Å². The first-order chi connectivity index (χ1) is 15.4. The third-order valence-corrected chi connectivity index (χ3v) is 10.7. The Morgan fingerprint density at radius 1 is 0.788 bits per heavy atom. The third-order valence-electron chi connectivity index (χ3n) is 5.17. The monoisotopic (exact) mass is 576 g/mol. The van der Waals surface area contributed by atoms with E-state index in [0.29, 0.717) is 0 Å². The third kappa shape index (κ3) is 4.77. The van der Waals surface area contributed by atoms with E-state index in [4.69, 9.17) is 55.9 Å². The van der Waals surface area contributed by atoms with Crippen LogP contribution in [0.1, 0.15) is 6.92 Å². The van der Waals surface area contributed by atoms with Gasteiger partial charge in [-0.1, -0.05) is 46.4 Å². The van der Waals surface area contributed by atoms with Crippen molar-refractivity contribution in [3.05, 3.63) is 44.4 Å². The molecule has 0 radical (unpaired) electrons. The van der Waals surface area contributed by atoms with E-state index in [2.05, 4.69) is 0 Å². The zero-order valence-electron chi connectivity index (χ0n) is 17.7. The van der Waals surface area contributed by atoms with Crippen LogP contribution in [0, 0.1) is 0 Å². The summed E-state index contributed by atoms with van der Waals surface area (Å²) in [5.74, 6) is -0.153. The zero-order valence-corrected chi connectivity index (χ0v) is 22.3. The molecule has 0 bridgehead atoms. The Morgan fingerprint density at radius 3 is 1.67 bits per heavy atom. The van der Waals surface area contributed by atoms with Crippen molar-refractivity contribution in [1.82, 2.24) is 8.61 Å². The van der Waals surface area contributed by atoms with E-state index >= 15 is 0 Å². The van der Waals surface area contributed by atoms with Crippen LogP contribution < -0.4 is 9.47 Å². The summed E-state index contributed by atoms with van der Waals surface area (Å²) in [6.45, 7) is 1.30. The van der Waals surface area contributed by atoms with Gasteiger partial charge in [0.15, 0.2) is 11.5 Å². The van der Waals surface area contributed by atoms with Gasteiger partial charge in [0, 0.05) is 25.7 Å². The van der Waals surface area contributed by atoms with Crippen LogP contribution in [0.2, 0.25) is 20.1 Å². The molecule has 0 amide bonds. The number of piperazine rings is 1. The van der Waals surface area contributed by atoms with Gasteiger partial charge >= 0.3 is 0 Å². The predicted octanol–water partition coefficient (Wildman–Crippen LogP) is 4.40. The summed E-state index contributed by atoms with van der Waals surface area (Å²) in [4.78, 5) is -0.317. The lowest BCUT2D eigenvalue weighted by atomic mass is 10.3. The molecule has 1 fully saturated rings. The lowest BCUT2D eigenvalue weighted by Gasteiger charge is -2.38. The van der Waals surface area contributed by atoms with E-state index < -0.39 is 26.1 Å². The van der Waals surface area contributed by atoms with Gasteiger partial charge in [0.2, 0.25) is 20.0 Å². The number of hydrogen-bond acceptors (Lipinski definition) is 6. The summed E-state index contributed by atoms with van der Waals surface area (Å²) in [6, 6.07) is 4.63. The second-order valence-electron chi connectivity index (χ2n) is 7.11. The topological polar surface area (TPSA) is 93.2 Å². The van der Waals surface area contributed by atoms with Crippen molar-refractivity contribution in [1.29, 1.82) is 0 Å². The summed E-state index contributed by atoms with van der Waals surface area (Å²) >= 11 is 24.2. The van der Waals surface area contributed by atoms with Gasteiger partial charge in [0.1, 0.15) is 19.8 Å². The Kier molecular flexibility index (Phi) is 8.02. The van der Waals surface area contributed by atoms with Gasteiger partial charge < -0.3 is 9.47 Å². The molecule has 2 aromatic rings. The highest BCUT2D eigenvalue weighted by Gasteiger charge is 2.40. The van der Waals surface area contributed by atoms with E-state index in [1.807, 2.05) is 0 Å². The van der Waals surface area contributed by atoms with Crippen LogP contribution in [0.3, 0.4) is 0 Å². The molecule has 0 spiro atoms. The van der Waals surface area contributed by atoms with Crippen molar-refractivity contribution < 1.29 is 26.3 Å². The largest absolute Gasteiger partial charge is 0.494 e. The molecule has 182 valence electrons. The molecule has 1 atom stereocenters. The molecule has 1 aliphatic heterocycles. The maximum atomic E-state index is 13.4. The molecular formula is C19H20Cl4N2O6S2. The highest BCUT2D eigenvalue weighted by Crippen LogP contribution is 2.41. The molecule has 33 heavy (non-hydrogen) atoms. The molecule has 8 nitrogen and oxygen atoms in total. The minimum atomic E-state index is -4.07. The van der Waals surface area contributed by atoms with Crippen molar-refractivity contribution >= 4 is 66.5 Å². The lowest BCUT2D eigenvalue weighted by molar-refractivity contribution is 0.212. The van der Waals surface area contributed by atoms with Gasteiger partial charge in [0.05, 0.1) is 24.3 Å². The maximum Gasteiger partial charge on any atom is 0.247 e. The van der Waals surface area contributed by atoms with Crippen LogP contribution in [-0.4, -0.2) is 65.3 Å². The SMILES string of the molecule is COc1c(S(=O)(=O)N2CCN(S(=O)(=O)c3ccc(Cl)c(Cl)c3OC)C(C)C2)ccc(Cl)c1Cl. The molecule has 0 saturated carbocycles. The maximum absolute atomic E-state index is 13.4. The van der Waals surface area contributed by atoms with Crippen molar-refractivity contribution in [3.8, 4) is 11.5 Å². The van der Waals surface area contributed by atoms with Crippen molar-refractivity contribution in [3.63, 3.8) is 0 Å². The Hall–Kier alpha value is -0.980. The van der Waals surface area contributed by atoms with Gasteiger partial charge in [-0.05, 0) is 31.2 Å². The van der Waals surface area contributed by atoms with Gasteiger partial charge in [-0.3, -0.25) is 0 Å². The van der Waals surface area contributed by atoms with Crippen LogP contribution in [0.4, 0.5) is 0 Å². The van der Waals surface area contributed by atoms with Gasteiger partial charge in [-0.25, -0.2) is 16.8 Å². The molecule has 0 aliphatic carbocycles. The number of ether oxygens (including phenoxy) is 2. The number of methoxy groups -OCH3 is 2. The molecule has 2 aromatic carbocycles. The molecular weight excluding hydrogens is 558 g/mol. The highest BCUT2D eigenvalue weighted by molar-refractivity contribution is 7.89. The van der Waals surface area contributed by atoms with E-state index in [1.165, 1.54) is 47.1 Å². The molecule has 1 heterocycles. The Balaban J connectivity index is 1.93. The summed E-state index contributed by atoms with van der Waals surface area (Å²) < 4.78 is 66.1. The first-order valence-corrected chi connectivity index (χ1v) is 13.8. The van der Waals surface area contributed by atoms with Gasteiger partial charge in [-0.2, -0.15) is 8.61 Å². The van der Waals surface area contributed by atoms with Gasteiger partial charge in [0.25, 0.3) is 0 Å². The van der Waals surface area contributed by atoms with E-state index in [0.717, 1.165) is 0 Å². The summed E-state index contributed by atoms with van der Waals surface area (Å²) in [7, 11) is -5.55. The molecule has 0 N–H and O–H groups in total. The molecule has 14 heteroatoms. The molecule has 1 unspecified atom stereocenters. The molecule has 1 aliphatic rings. The number of rotatable bonds is 6. The first-order valence-electron chi connectivity index (χ1n) is 9.43. The average molecular weight is 578 g/mol. The second-order valence-corrected chi connectivity index (χ2v) is 12.4. The van der Waals surface area contributed by atoms with E-state index in [-0.39, 0.29) is 61.0 Å². The fraction of sp³-hybridized carbons (Fsp3) is 0.368. The molecule has 1 saturated heterocycles. The minimum Gasteiger partial charge on any atom is -0.494 e. The number of hydrogen-bond donors (Lipinski definition) is 0. The summed E-state index contributed by atoms with van der Waals surface area (Å²) in [6.07, 6.45) is 0. The normalized spacial score (nSPS) is 18.3.